The van der Waals surface area contributed by atoms with Gasteiger partial charge in [-0.05, 0) is 23.6 Å². The first-order valence-electron chi connectivity index (χ1n) is 8.35. The summed E-state index contributed by atoms with van der Waals surface area (Å²) in [5.41, 5.74) is -0.397. The van der Waals surface area contributed by atoms with Gasteiger partial charge in [0.2, 0.25) is 0 Å². The lowest BCUT2D eigenvalue weighted by molar-refractivity contribution is -0.141. The summed E-state index contributed by atoms with van der Waals surface area (Å²) in [7, 11) is 1.57. The van der Waals surface area contributed by atoms with E-state index < -0.39 is 11.9 Å². The van der Waals surface area contributed by atoms with Crippen LogP contribution < -0.4 is 10.5 Å². The molecule has 0 unspecified atom stereocenters. The molecule has 0 bridgehead atoms. The van der Waals surface area contributed by atoms with Crippen molar-refractivity contribution in [3.8, 4) is 11.4 Å². The van der Waals surface area contributed by atoms with E-state index in [-0.39, 0.29) is 23.7 Å². The SMILES string of the molecule is CN(Cc1nc2ccsc2c(=O)[nH]1)c1cc(C(F)(F)F)nc(-c2ccncc2)n1. The van der Waals surface area contributed by atoms with Crippen LogP contribution in [0.3, 0.4) is 0 Å². The van der Waals surface area contributed by atoms with Crippen LogP contribution in [0.2, 0.25) is 0 Å². The molecule has 0 saturated carbocycles. The third-order valence-electron chi connectivity index (χ3n) is 4.08. The highest BCUT2D eigenvalue weighted by Crippen LogP contribution is 2.31. The molecule has 0 amide bonds. The summed E-state index contributed by atoms with van der Waals surface area (Å²) in [6.07, 6.45) is -1.73. The van der Waals surface area contributed by atoms with E-state index in [1.165, 1.54) is 40.8 Å². The standard InChI is InChI=1S/C18H13F3N6OS/c1-27(9-13-23-11-4-7-29-15(11)17(28)25-13)14-8-12(18(19,20)21)24-16(26-14)10-2-5-22-6-3-10/h2-8H,9H2,1H3,(H,23,25,28). The molecule has 11 heteroatoms. The van der Waals surface area contributed by atoms with Crippen molar-refractivity contribution in [3.05, 3.63) is 63.9 Å². The van der Waals surface area contributed by atoms with Crippen molar-refractivity contribution in [3.63, 3.8) is 0 Å². The van der Waals surface area contributed by atoms with Gasteiger partial charge >= 0.3 is 6.18 Å². The predicted molar refractivity (Wildman–Crippen MR) is 103 cm³/mol. The largest absolute Gasteiger partial charge is 0.433 e. The van der Waals surface area contributed by atoms with E-state index in [1.807, 2.05) is 0 Å². The van der Waals surface area contributed by atoms with Crippen molar-refractivity contribution in [2.75, 3.05) is 11.9 Å². The number of halogens is 3. The quantitative estimate of drug-likeness (QED) is 0.546. The van der Waals surface area contributed by atoms with Crippen LogP contribution in [-0.4, -0.2) is 32.0 Å². The smallest absolute Gasteiger partial charge is 0.352 e. The molecule has 0 saturated heterocycles. The summed E-state index contributed by atoms with van der Waals surface area (Å²) >= 11 is 1.27. The van der Waals surface area contributed by atoms with Crippen LogP contribution in [0.1, 0.15) is 11.5 Å². The summed E-state index contributed by atoms with van der Waals surface area (Å²) in [6, 6.07) is 5.64. The van der Waals surface area contributed by atoms with E-state index in [0.29, 0.717) is 21.6 Å². The summed E-state index contributed by atoms with van der Waals surface area (Å²) in [4.78, 5) is 32.4. The normalized spacial score (nSPS) is 11.7. The van der Waals surface area contributed by atoms with Gasteiger partial charge in [0.1, 0.15) is 16.3 Å². The van der Waals surface area contributed by atoms with Gasteiger partial charge in [0.15, 0.2) is 11.5 Å². The van der Waals surface area contributed by atoms with Gasteiger partial charge in [-0.2, -0.15) is 13.2 Å². The summed E-state index contributed by atoms with van der Waals surface area (Å²) in [6.45, 7) is 0.0606. The first kappa shape index (κ1) is 19.0. The minimum atomic E-state index is -4.64. The minimum absolute atomic E-state index is 0.0483. The van der Waals surface area contributed by atoms with Crippen LogP contribution in [0.25, 0.3) is 21.6 Å². The summed E-state index contributed by atoms with van der Waals surface area (Å²) < 4.78 is 40.6. The highest BCUT2D eigenvalue weighted by molar-refractivity contribution is 7.17. The Bertz CT molecular complexity index is 1220. The molecular formula is C18H13F3N6OS. The van der Waals surface area contributed by atoms with Gasteiger partial charge in [-0.3, -0.25) is 9.78 Å². The lowest BCUT2D eigenvalue weighted by Gasteiger charge is -2.19. The summed E-state index contributed by atoms with van der Waals surface area (Å²) in [5, 5.41) is 1.75. The van der Waals surface area contributed by atoms with Crippen molar-refractivity contribution in [1.82, 2.24) is 24.9 Å². The van der Waals surface area contributed by atoms with Crippen molar-refractivity contribution in [1.29, 1.82) is 0 Å². The number of fused-ring (bicyclic) bond motifs is 1. The number of aromatic nitrogens is 5. The Balaban J connectivity index is 1.73. The van der Waals surface area contributed by atoms with Gasteiger partial charge in [-0.25, -0.2) is 15.0 Å². The van der Waals surface area contributed by atoms with Crippen LogP contribution in [0, 0.1) is 0 Å². The third kappa shape index (κ3) is 3.94. The van der Waals surface area contributed by atoms with Gasteiger partial charge in [-0.15, -0.1) is 11.3 Å². The fraction of sp³-hybridized carbons (Fsp3) is 0.167. The highest BCUT2D eigenvalue weighted by atomic mass is 32.1. The maximum Gasteiger partial charge on any atom is 0.433 e. The number of nitrogens with one attached hydrogen (secondary N) is 1. The van der Waals surface area contributed by atoms with Crippen LogP contribution >= 0.6 is 11.3 Å². The first-order chi connectivity index (χ1) is 13.8. The number of anilines is 1. The number of aromatic amines is 1. The number of pyridine rings is 1. The lowest BCUT2D eigenvalue weighted by Crippen LogP contribution is -2.23. The number of rotatable bonds is 4. The van der Waals surface area contributed by atoms with E-state index in [9.17, 15) is 18.0 Å². The highest BCUT2D eigenvalue weighted by Gasteiger charge is 2.34. The van der Waals surface area contributed by atoms with Crippen molar-refractivity contribution < 1.29 is 13.2 Å². The Morgan fingerprint density at radius 3 is 2.62 bits per heavy atom. The van der Waals surface area contributed by atoms with Crippen molar-refractivity contribution in [2.24, 2.45) is 0 Å². The van der Waals surface area contributed by atoms with E-state index in [0.717, 1.165) is 6.07 Å². The fourth-order valence-corrected chi connectivity index (χ4v) is 3.43. The van der Waals surface area contributed by atoms with Crippen LogP contribution in [-0.2, 0) is 12.7 Å². The molecule has 7 nitrogen and oxygen atoms in total. The average molecular weight is 418 g/mol. The molecule has 0 aromatic carbocycles. The molecule has 29 heavy (non-hydrogen) atoms. The first-order valence-corrected chi connectivity index (χ1v) is 9.23. The molecular weight excluding hydrogens is 405 g/mol. The fourth-order valence-electron chi connectivity index (χ4n) is 2.71. The third-order valence-corrected chi connectivity index (χ3v) is 4.99. The van der Waals surface area contributed by atoms with E-state index in [2.05, 4.69) is 24.9 Å². The zero-order valence-electron chi connectivity index (χ0n) is 14.9. The van der Waals surface area contributed by atoms with Gasteiger partial charge in [0.25, 0.3) is 5.56 Å². The zero-order valence-corrected chi connectivity index (χ0v) is 15.8. The molecule has 0 aliphatic carbocycles. The lowest BCUT2D eigenvalue weighted by atomic mass is 10.2. The molecule has 4 heterocycles. The van der Waals surface area contributed by atoms with Crippen LogP contribution in [0.4, 0.5) is 19.0 Å². The van der Waals surface area contributed by atoms with Gasteiger partial charge in [0.05, 0.1) is 12.1 Å². The molecule has 0 atom stereocenters. The van der Waals surface area contributed by atoms with E-state index in [1.54, 1.807) is 18.5 Å². The van der Waals surface area contributed by atoms with Gasteiger partial charge in [0, 0.05) is 31.1 Å². The second kappa shape index (κ2) is 7.24. The number of alkyl halides is 3. The molecule has 4 rings (SSSR count). The second-order valence-corrected chi connectivity index (χ2v) is 7.09. The van der Waals surface area contributed by atoms with Crippen LogP contribution in [0.5, 0.6) is 0 Å². The second-order valence-electron chi connectivity index (χ2n) is 6.17. The van der Waals surface area contributed by atoms with Crippen molar-refractivity contribution in [2.45, 2.75) is 12.7 Å². The Morgan fingerprint density at radius 2 is 1.90 bits per heavy atom. The number of nitrogens with zero attached hydrogens (tertiary/aromatic N) is 5. The summed E-state index contributed by atoms with van der Waals surface area (Å²) in [5.74, 6) is 0.298. The maximum absolute atomic E-state index is 13.4. The van der Waals surface area contributed by atoms with E-state index in [4.69, 9.17) is 0 Å². The molecule has 0 radical (unpaired) electrons. The number of hydrogen-bond donors (Lipinski definition) is 1. The molecule has 0 spiro atoms. The zero-order chi connectivity index (χ0) is 20.6. The predicted octanol–water partition coefficient (Wildman–Crippen LogP) is 3.49. The average Bonchev–Trinajstić information content (AvgIpc) is 3.17. The topological polar surface area (TPSA) is 87.7 Å². The molecule has 4 aromatic heterocycles. The molecule has 0 fully saturated rings. The molecule has 0 aliphatic heterocycles. The molecule has 0 aliphatic rings. The molecule has 4 aromatic rings. The monoisotopic (exact) mass is 418 g/mol. The Kier molecular flexibility index (Phi) is 4.74. The van der Waals surface area contributed by atoms with E-state index >= 15 is 0 Å². The maximum atomic E-state index is 13.4. The number of H-pyrrole nitrogens is 1. The van der Waals surface area contributed by atoms with Crippen molar-refractivity contribution >= 4 is 27.4 Å². The van der Waals surface area contributed by atoms with Gasteiger partial charge < -0.3 is 9.88 Å². The number of hydrogen-bond acceptors (Lipinski definition) is 7. The number of thiophene rings is 1. The Morgan fingerprint density at radius 1 is 1.14 bits per heavy atom. The van der Waals surface area contributed by atoms with Gasteiger partial charge in [-0.1, -0.05) is 0 Å². The minimum Gasteiger partial charge on any atom is -0.352 e. The Labute approximate surface area is 165 Å². The molecule has 148 valence electrons. The molecule has 1 N–H and O–H groups in total. The van der Waals surface area contributed by atoms with Crippen LogP contribution in [0.15, 0.2) is 46.8 Å². The Hall–Kier alpha value is -3.34.